The van der Waals surface area contributed by atoms with E-state index in [1.54, 1.807) is 0 Å². The number of anilines is 1. The van der Waals surface area contributed by atoms with Gasteiger partial charge in [0, 0.05) is 0 Å². The van der Waals surface area contributed by atoms with Crippen molar-refractivity contribution < 1.29 is 27.7 Å². The standard InChI is InChI=1S/C9H7ClF3NO3/c1-16-17-8(15)4-2-3-5(9(11,12)13)7(14)6(4)10/h2-3H,14H2,1H3. The molecule has 0 atom stereocenters. The fourth-order valence-electron chi connectivity index (χ4n) is 1.12. The number of nitrogen functional groups attached to an aromatic ring is 1. The molecule has 0 fully saturated rings. The first-order valence-corrected chi connectivity index (χ1v) is 4.57. The summed E-state index contributed by atoms with van der Waals surface area (Å²) >= 11 is 5.55. The van der Waals surface area contributed by atoms with E-state index in [-0.39, 0.29) is 5.56 Å². The smallest absolute Gasteiger partial charge is 0.397 e. The second kappa shape index (κ2) is 4.80. The quantitative estimate of drug-likeness (QED) is 0.509. The zero-order valence-corrected chi connectivity index (χ0v) is 9.22. The van der Waals surface area contributed by atoms with Gasteiger partial charge in [-0.15, -0.1) is 0 Å². The van der Waals surface area contributed by atoms with Crippen molar-refractivity contribution in [1.29, 1.82) is 0 Å². The molecule has 0 saturated heterocycles. The SMILES string of the molecule is COOC(=O)c1ccc(C(F)(F)F)c(N)c1Cl. The van der Waals surface area contributed by atoms with Crippen molar-refractivity contribution in [1.82, 2.24) is 0 Å². The summed E-state index contributed by atoms with van der Waals surface area (Å²) < 4.78 is 37.3. The van der Waals surface area contributed by atoms with Crippen molar-refractivity contribution in [3.63, 3.8) is 0 Å². The van der Waals surface area contributed by atoms with E-state index in [1.807, 2.05) is 0 Å². The Kier molecular flexibility index (Phi) is 3.84. The molecule has 8 heteroatoms. The molecule has 0 heterocycles. The lowest BCUT2D eigenvalue weighted by atomic mass is 10.1. The molecule has 0 spiro atoms. The minimum Gasteiger partial charge on any atom is -0.397 e. The molecule has 0 aromatic heterocycles. The normalized spacial score (nSPS) is 11.4. The number of hydrogen-bond donors (Lipinski definition) is 1. The summed E-state index contributed by atoms with van der Waals surface area (Å²) in [4.78, 5) is 19.4. The van der Waals surface area contributed by atoms with Crippen LogP contribution in [0.25, 0.3) is 0 Å². The number of hydrogen-bond acceptors (Lipinski definition) is 4. The molecule has 17 heavy (non-hydrogen) atoms. The Hall–Kier alpha value is -1.47. The van der Waals surface area contributed by atoms with E-state index in [2.05, 4.69) is 9.78 Å². The molecular weight excluding hydrogens is 263 g/mol. The molecule has 2 N–H and O–H groups in total. The summed E-state index contributed by atoms with van der Waals surface area (Å²) in [5, 5.41) is -0.526. The highest BCUT2D eigenvalue weighted by atomic mass is 35.5. The van der Waals surface area contributed by atoms with Gasteiger partial charge >= 0.3 is 12.1 Å². The predicted molar refractivity (Wildman–Crippen MR) is 53.3 cm³/mol. The number of carbonyl (C=O) groups is 1. The van der Waals surface area contributed by atoms with E-state index in [9.17, 15) is 18.0 Å². The maximum atomic E-state index is 12.4. The Morgan fingerprint density at radius 2 is 2.00 bits per heavy atom. The van der Waals surface area contributed by atoms with Gasteiger partial charge in [-0.1, -0.05) is 11.6 Å². The van der Waals surface area contributed by atoms with Gasteiger partial charge in [-0.05, 0) is 12.1 Å². The molecule has 0 unspecified atom stereocenters. The third-order valence-electron chi connectivity index (χ3n) is 1.86. The van der Waals surface area contributed by atoms with Gasteiger partial charge < -0.3 is 5.73 Å². The van der Waals surface area contributed by atoms with Crippen LogP contribution in [0, 0.1) is 0 Å². The molecule has 1 aromatic rings. The van der Waals surface area contributed by atoms with Crippen molar-refractivity contribution in [3.8, 4) is 0 Å². The highest BCUT2D eigenvalue weighted by Crippen LogP contribution is 2.38. The first-order chi connectivity index (χ1) is 7.79. The van der Waals surface area contributed by atoms with Gasteiger partial charge in [-0.25, -0.2) is 4.79 Å². The van der Waals surface area contributed by atoms with Crippen molar-refractivity contribution in [2.24, 2.45) is 0 Å². The number of rotatable bonds is 2. The van der Waals surface area contributed by atoms with Gasteiger partial charge in [-0.2, -0.15) is 18.1 Å². The van der Waals surface area contributed by atoms with Gasteiger partial charge in [0.2, 0.25) is 0 Å². The van der Waals surface area contributed by atoms with Crippen LogP contribution < -0.4 is 5.73 Å². The second-order valence-electron chi connectivity index (χ2n) is 2.92. The van der Waals surface area contributed by atoms with E-state index in [0.717, 1.165) is 13.2 Å². The first-order valence-electron chi connectivity index (χ1n) is 4.19. The number of halogens is 4. The van der Waals surface area contributed by atoms with Crippen molar-refractivity contribution in [3.05, 3.63) is 28.3 Å². The summed E-state index contributed by atoms with van der Waals surface area (Å²) in [6.07, 6.45) is -4.64. The number of alkyl halides is 3. The van der Waals surface area contributed by atoms with E-state index in [0.29, 0.717) is 6.07 Å². The molecule has 0 saturated carbocycles. The Morgan fingerprint density at radius 1 is 1.41 bits per heavy atom. The molecule has 0 aliphatic rings. The first kappa shape index (κ1) is 13.6. The topological polar surface area (TPSA) is 61.5 Å². The Labute approximate surface area is 99.0 Å². The fraction of sp³-hybridized carbons (Fsp3) is 0.222. The van der Waals surface area contributed by atoms with Crippen molar-refractivity contribution in [2.45, 2.75) is 6.18 Å². The zero-order chi connectivity index (χ0) is 13.2. The van der Waals surface area contributed by atoms with Gasteiger partial charge in [0.05, 0.1) is 28.9 Å². The summed E-state index contributed by atoms with van der Waals surface area (Å²) in [5.74, 6) is -1.03. The van der Waals surface area contributed by atoms with Crippen LogP contribution in [0.2, 0.25) is 5.02 Å². The van der Waals surface area contributed by atoms with Crippen LogP contribution in [-0.4, -0.2) is 13.1 Å². The van der Waals surface area contributed by atoms with Crippen LogP contribution in [0.15, 0.2) is 12.1 Å². The average molecular weight is 270 g/mol. The number of benzene rings is 1. The lowest BCUT2D eigenvalue weighted by molar-refractivity contribution is -0.216. The number of nitrogens with two attached hydrogens (primary N) is 1. The molecule has 0 aliphatic heterocycles. The van der Waals surface area contributed by atoms with Gasteiger partial charge in [0.1, 0.15) is 0 Å². The molecule has 0 aliphatic carbocycles. The van der Waals surface area contributed by atoms with E-state index >= 15 is 0 Å². The minimum atomic E-state index is -4.64. The molecule has 4 nitrogen and oxygen atoms in total. The largest absolute Gasteiger partial charge is 0.418 e. The molecule has 1 aromatic carbocycles. The van der Waals surface area contributed by atoms with Crippen molar-refractivity contribution >= 4 is 23.3 Å². The highest BCUT2D eigenvalue weighted by Gasteiger charge is 2.34. The zero-order valence-electron chi connectivity index (χ0n) is 8.47. The van der Waals surface area contributed by atoms with Crippen LogP contribution >= 0.6 is 11.6 Å². The second-order valence-corrected chi connectivity index (χ2v) is 3.30. The Balaban J connectivity index is 3.25. The molecule has 0 amide bonds. The van der Waals surface area contributed by atoms with Crippen LogP contribution in [0.4, 0.5) is 18.9 Å². The summed E-state index contributed by atoms with van der Waals surface area (Å²) in [6, 6.07) is 1.51. The molecule has 0 radical (unpaired) electrons. The maximum Gasteiger partial charge on any atom is 0.418 e. The van der Waals surface area contributed by atoms with Crippen LogP contribution in [0.3, 0.4) is 0 Å². The van der Waals surface area contributed by atoms with Crippen LogP contribution in [0.1, 0.15) is 15.9 Å². The Morgan fingerprint density at radius 3 is 2.47 bits per heavy atom. The molecule has 94 valence electrons. The van der Waals surface area contributed by atoms with Crippen LogP contribution in [0.5, 0.6) is 0 Å². The minimum absolute atomic E-state index is 0.306. The van der Waals surface area contributed by atoms with Gasteiger partial charge in [0.25, 0.3) is 0 Å². The van der Waals surface area contributed by atoms with Gasteiger partial charge in [-0.3, -0.25) is 4.89 Å². The third kappa shape index (κ3) is 2.80. The lowest BCUT2D eigenvalue weighted by Crippen LogP contribution is -2.12. The monoisotopic (exact) mass is 269 g/mol. The molecule has 1 rings (SSSR count). The van der Waals surface area contributed by atoms with E-state index in [1.165, 1.54) is 0 Å². The number of carbonyl (C=O) groups excluding carboxylic acids is 1. The third-order valence-corrected chi connectivity index (χ3v) is 2.27. The van der Waals surface area contributed by atoms with E-state index < -0.39 is 28.4 Å². The maximum absolute atomic E-state index is 12.4. The summed E-state index contributed by atoms with van der Waals surface area (Å²) in [7, 11) is 1.07. The molecule has 0 bridgehead atoms. The highest BCUT2D eigenvalue weighted by molar-refractivity contribution is 6.36. The van der Waals surface area contributed by atoms with E-state index in [4.69, 9.17) is 17.3 Å². The van der Waals surface area contributed by atoms with Crippen LogP contribution in [-0.2, 0) is 16.0 Å². The summed E-state index contributed by atoms with van der Waals surface area (Å²) in [5.41, 5.74) is 3.05. The van der Waals surface area contributed by atoms with Gasteiger partial charge in [0.15, 0.2) is 0 Å². The Bertz CT molecular complexity index is 448. The summed E-state index contributed by atoms with van der Waals surface area (Å²) in [6.45, 7) is 0. The fourth-order valence-corrected chi connectivity index (χ4v) is 1.36. The molecular formula is C9H7ClF3NO3. The predicted octanol–water partition coefficient (Wildman–Crippen LogP) is 2.66. The van der Waals surface area contributed by atoms with Crippen molar-refractivity contribution in [2.75, 3.05) is 12.8 Å². The average Bonchev–Trinajstić information content (AvgIpc) is 2.20. The lowest BCUT2D eigenvalue weighted by Gasteiger charge is -2.12.